The molecule has 0 aromatic heterocycles. The van der Waals surface area contributed by atoms with Crippen LogP contribution in [0.5, 0.6) is 5.75 Å². The molecular formula is C23H31NO6S2. The molecule has 9 heteroatoms. The maximum Gasteiger partial charge on any atom is 0.264 e. The molecule has 1 aliphatic rings. The van der Waals surface area contributed by atoms with Crippen LogP contribution in [0, 0.1) is 0 Å². The first-order valence-corrected chi connectivity index (χ1v) is 14.3. The van der Waals surface area contributed by atoms with Crippen molar-refractivity contribution in [2.75, 3.05) is 22.9 Å². The summed E-state index contributed by atoms with van der Waals surface area (Å²) in [4.78, 5) is 0.0721. The molecule has 0 saturated carbocycles. The van der Waals surface area contributed by atoms with Gasteiger partial charge in [-0.05, 0) is 61.1 Å². The lowest BCUT2D eigenvalue weighted by Gasteiger charge is -2.37. The summed E-state index contributed by atoms with van der Waals surface area (Å²) in [7, 11) is -7.07. The van der Waals surface area contributed by atoms with Crippen molar-refractivity contribution in [1.29, 1.82) is 0 Å². The number of aliphatic hydroxyl groups is 1. The lowest BCUT2D eigenvalue weighted by molar-refractivity contribution is 0.267. The van der Waals surface area contributed by atoms with Crippen LogP contribution in [0.25, 0.3) is 0 Å². The lowest BCUT2D eigenvalue weighted by Crippen LogP contribution is -2.43. The quantitative estimate of drug-likeness (QED) is 0.591. The standard InChI is InChI=1S/C23H31NO6S2/c1-4-17-6-10-22-18(14-17)7-8-20(5-2)24(22)32(28,29)21-9-11-23(19(15-21)16-25)30-12-13-31(3,26)27/h6,9-11,14-15,20,25H,4-5,7-8,12-13,16H2,1-3H3. The average molecular weight is 482 g/mol. The zero-order chi connectivity index (χ0) is 23.5. The second-order valence-corrected chi connectivity index (χ2v) is 12.2. The predicted molar refractivity (Wildman–Crippen MR) is 125 cm³/mol. The third-order valence-electron chi connectivity index (χ3n) is 5.81. The topological polar surface area (TPSA) is 101 Å². The van der Waals surface area contributed by atoms with Crippen LogP contribution in [0.4, 0.5) is 5.69 Å². The van der Waals surface area contributed by atoms with Gasteiger partial charge in [0.2, 0.25) is 0 Å². The number of anilines is 1. The molecule has 0 spiro atoms. The van der Waals surface area contributed by atoms with E-state index >= 15 is 0 Å². The van der Waals surface area contributed by atoms with Crippen LogP contribution in [0.2, 0.25) is 0 Å². The molecule has 32 heavy (non-hydrogen) atoms. The van der Waals surface area contributed by atoms with E-state index in [4.69, 9.17) is 4.74 Å². The number of aryl methyl sites for hydroxylation is 2. The number of hydrogen-bond donors (Lipinski definition) is 1. The summed E-state index contributed by atoms with van der Waals surface area (Å²) in [6.45, 7) is 3.56. The largest absolute Gasteiger partial charge is 0.492 e. The van der Waals surface area contributed by atoms with Gasteiger partial charge in [-0.15, -0.1) is 0 Å². The fraction of sp³-hybridized carbons (Fsp3) is 0.478. The smallest absolute Gasteiger partial charge is 0.264 e. The van der Waals surface area contributed by atoms with E-state index in [-0.39, 0.29) is 29.0 Å². The average Bonchev–Trinajstić information content (AvgIpc) is 2.76. The fourth-order valence-electron chi connectivity index (χ4n) is 4.00. The number of fused-ring (bicyclic) bond motifs is 1. The van der Waals surface area contributed by atoms with Gasteiger partial charge in [0.05, 0.1) is 22.9 Å². The van der Waals surface area contributed by atoms with E-state index < -0.39 is 26.5 Å². The molecule has 0 saturated heterocycles. The van der Waals surface area contributed by atoms with Crippen molar-refractivity contribution in [3.05, 3.63) is 53.1 Å². The highest BCUT2D eigenvalue weighted by atomic mass is 32.2. The molecule has 7 nitrogen and oxygen atoms in total. The number of rotatable bonds is 9. The Morgan fingerprint density at radius 2 is 1.84 bits per heavy atom. The number of hydrogen-bond acceptors (Lipinski definition) is 6. The summed E-state index contributed by atoms with van der Waals surface area (Å²) in [6, 6.07) is 10.1. The second kappa shape index (κ2) is 9.80. The summed E-state index contributed by atoms with van der Waals surface area (Å²) < 4.78 is 57.1. The van der Waals surface area contributed by atoms with Gasteiger partial charge >= 0.3 is 0 Å². The molecule has 0 radical (unpaired) electrons. The molecule has 176 valence electrons. The van der Waals surface area contributed by atoms with Crippen molar-refractivity contribution >= 4 is 25.5 Å². The Balaban J connectivity index is 1.98. The molecule has 1 unspecified atom stereocenters. The third kappa shape index (κ3) is 5.27. The van der Waals surface area contributed by atoms with Crippen LogP contribution < -0.4 is 9.04 Å². The minimum absolute atomic E-state index is 0.0721. The number of aliphatic hydroxyl groups excluding tert-OH is 1. The van der Waals surface area contributed by atoms with Gasteiger partial charge in [-0.3, -0.25) is 4.31 Å². The van der Waals surface area contributed by atoms with Crippen LogP contribution in [-0.4, -0.2) is 46.6 Å². The van der Waals surface area contributed by atoms with E-state index in [0.717, 1.165) is 31.1 Å². The first-order valence-electron chi connectivity index (χ1n) is 10.8. The molecule has 0 aliphatic carbocycles. The molecule has 1 aliphatic heterocycles. The van der Waals surface area contributed by atoms with Gasteiger partial charge in [0.25, 0.3) is 10.0 Å². The number of sulfonamides is 1. The van der Waals surface area contributed by atoms with Crippen LogP contribution in [-0.2, 0) is 39.3 Å². The van der Waals surface area contributed by atoms with E-state index in [1.807, 2.05) is 19.1 Å². The Morgan fingerprint density at radius 1 is 1.09 bits per heavy atom. The van der Waals surface area contributed by atoms with Crippen LogP contribution >= 0.6 is 0 Å². The highest BCUT2D eigenvalue weighted by Gasteiger charge is 2.35. The fourth-order valence-corrected chi connectivity index (χ4v) is 6.23. The predicted octanol–water partition coefficient (Wildman–Crippen LogP) is 3.08. The second-order valence-electron chi connectivity index (χ2n) is 8.12. The minimum atomic E-state index is -3.88. The Kier molecular flexibility index (Phi) is 7.52. The Labute approximate surface area is 191 Å². The zero-order valence-electron chi connectivity index (χ0n) is 18.7. The molecule has 1 atom stereocenters. The number of benzene rings is 2. The van der Waals surface area contributed by atoms with Gasteiger partial charge in [0.15, 0.2) is 9.84 Å². The van der Waals surface area contributed by atoms with Crippen LogP contribution in [0.15, 0.2) is 41.3 Å². The maximum atomic E-state index is 13.7. The van der Waals surface area contributed by atoms with E-state index in [1.165, 1.54) is 28.1 Å². The molecule has 3 rings (SSSR count). The van der Waals surface area contributed by atoms with Crippen molar-refractivity contribution in [3.63, 3.8) is 0 Å². The summed E-state index contributed by atoms with van der Waals surface area (Å²) in [5.41, 5.74) is 3.21. The first-order chi connectivity index (χ1) is 15.1. The van der Waals surface area contributed by atoms with E-state index in [2.05, 4.69) is 13.0 Å². The number of sulfone groups is 1. The highest BCUT2D eigenvalue weighted by Crippen LogP contribution is 2.38. The highest BCUT2D eigenvalue weighted by molar-refractivity contribution is 7.93. The molecule has 0 fully saturated rings. The first kappa shape index (κ1) is 24.5. The van der Waals surface area contributed by atoms with Gasteiger partial charge < -0.3 is 9.84 Å². The van der Waals surface area contributed by atoms with E-state index in [1.54, 1.807) is 0 Å². The molecule has 1 heterocycles. The van der Waals surface area contributed by atoms with E-state index in [0.29, 0.717) is 17.7 Å². The van der Waals surface area contributed by atoms with Gasteiger partial charge in [-0.2, -0.15) is 0 Å². The maximum absolute atomic E-state index is 13.7. The zero-order valence-corrected chi connectivity index (χ0v) is 20.4. The molecular weight excluding hydrogens is 450 g/mol. The van der Waals surface area contributed by atoms with Crippen molar-refractivity contribution in [1.82, 2.24) is 0 Å². The minimum Gasteiger partial charge on any atom is -0.492 e. The third-order valence-corrected chi connectivity index (χ3v) is 8.58. The Morgan fingerprint density at radius 3 is 2.47 bits per heavy atom. The molecule has 0 bridgehead atoms. The van der Waals surface area contributed by atoms with Gasteiger partial charge in [0.1, 0.15) is 12.4 Å². The molecule has 0 amide bonds. The van der Waals surface area contributed by atoms with Crippen molar-refractivity contribution in [2.45, 2.75) is 57.1 Å². The summed E-state index contributed by atoms with van der Waals surface area (Å²) >= 11 is 0. The summed E-state index contributed by atoms with van der Waals surface area (Å²) in [5, 5.41) is 9.79. The Bertz CT molecular complexity index is 1170. The van der Waals surface area contributed by atoms with Gasteiger partial charge in [0, 0.05) is 17.9 Å². The van der Waals surface area contributed by atoms with Crippen molar-refractivity contribution in [2.24, 2.45) is 0 Å². The van der Waals surface area contributed by atoms with Gasteiger partial charge in [-0.25, -0.2) is 16.8 Å². The monoisotopic (exact) mass is 481 g/mol. The SMILES string of the molecule is CCc1ccc2c(c1)CCC(CC)N2S(=O)(=O)c1ccc(OCCS(C)(=O)=O)c(CO)c1. The molecule has 2 aromatic carbocycles. The number of nitrogens with zero attached hydrogens (tertiary/aromatic N) is 1. The lowest BCUT2D eigenvalue weighted by atomic mass is 9.94. The van der Waals surface area contributed by atoms with Crippen molar-refractivity contribution in [3.8, 4) is 5.75 Å². The summed E-state index contributed by atoms with van der Waals surface area (Å²) in [6.07, 6.45) is 4.27. The van der Waals surface area contributed by atoms with E-state index in [9.17, 15) is 21.9 Å². The Hall–Kier alpha value is -2.10. The van der Waals surface area contributed by atoms with Crippen molar-refractivity contribution < 1.29 is 26.7 Å². The molecule has 1 N–H and O–H groups in total. The van der Waals surface area contributed by atoms with Gasteiger partial charge in [-0.1, -0.05) is 26.0 Å². The normalized spacial score (nSPS) is 16.6. The summed E-state index contributed by atoms with van der Waals surface area (Å²) in [5.74, 6) is 0.106. The number of ether oxygens (including phenoxy) is 1. The van der Waals surface area contributed by atoms with Crippen LogP contribution in [0.3, 0.4) is 0 Å². The van der Waals surface area contributed by atoms with Crippen LogP contribution in [0.1, 0.15) is 43.4 Å². The molecule has 2 aromatic rings.